The summed E-state index contributed by atoms with van der Waals surface area (Å²) in [5.74, 6) is 0.993. The Morgan fingerprint density at radius 2 is 2.25 bits per heavy atom. The molecule has 1 N–H and O–H groups in total. The minimum atomic E-state index is -0.393. The monoisotopic (exact) mass is 244 g/mol. The topological polar surface area (TPSA) is 45.0 Å². The van der Waals surface area contributed by atoms with Gasteiger partial charge in [0, 0.05) is 18.1 Å². The second kappa shape index (κ2) is 8.86. The summed E-state index contributed by atoms with van der Waals surface area (Å²) in [7, 11) is 1.72. The summed E-state index contributed by atoms with van der Waals surface area (Å²) in [6, 6.07) is 2.38. The summed E-state index contributed by atoms with van der Waals surface area (Å²) in [6.45, 7) is 7.95. The minimum Gasteiger partial charge on any atom is -0.384 e. The minimum absolute atomic E-state index is 0.393. The van der Waals surface area contributed by atoms with E-state index in [4.69, 9.17) is 4.74 Å². The molecular formula is C12H24N2OS. The first-order chi connectivity index (χ1) is 7.58. The molecule has 0 aromatic rings. The van der Waals surface area contributed by atoms with E-state index in [1.165, 1.54) is 0 Å². The standard InChI is InChI=1S/C12H24N2OS/c1-5-6-14-12(3,10-13)9-11(2)16-8-7-15-4/h11,14H,5-9H2,1-4H3. The predicted octanol–water partition coefficient (Wildman–Crippen LogP) is 2.43. The molecule has 0 amide bonds. The van der Waals surface area contributed by atoms with Crippen LogP contribution in [0.1, 0.15) is 33.6 Å². The van der Waals surface area contributed by atoms with Crippen LogP contribution in [0.4, 0.5) is 0 Å². The van der Waals surface area contributed by atoms with Crippen LogP contribution in [0.5, 0.6) is 0 Å². The third kappa shape index (κ3) is 7.10. The quantitative estimate of drug-likeness (QED) is 0.633. The first-order valence-electron chi connectivity index (χ1n) is 5.84. The number of rotatable bonds is 9. The zero-order valence-corrected chi connectivity index (χ0v) is 11.7. The van der Waals surface area contributed by atoms with Gasteiger partial charge in [0.05, 0.1) is 12.7 Å². The number of ether oxygens (including phenoxy) is 1. The fourth-order valence-electron chi connectivity index (χ4n) is 1.52. The Balaban J connectivity index is 3.95. The number of nitrogens with zero attached hydrogens (tertiary/aromatic N) is 1. The molecule has 0 rings (SSSR count). The van der Waals surface area contributed by atoms with Crippen molar-refractivity contribution < 1.29 is 4.74 Å². The first-order valence-corrected chi connectivity index (χ1v) is 6.89. The van der Waals surface area contributed by atoms with Crippen LogP contribution in [0, 0.1) is 11.3 Å². The number of nitrogens with one attached hydrogen (secondary N) is 1. The SMILES string of the molecule is CCCNC(C)(C#N)CC(C)SCCOC. The van der Waals surface area contributed by atoms with Crippen molar-refractivity contribution >= 4 is 11.8 Å². The summed E-state index contributed by atoms with van der Waals surface area (Å²) in [5.41, 5.74) is -0.393. The van der Waals surface area contributed by atoms with E-state index in [2.05, 4.69) is 25.2 Å². The highest BCUT2D eigenvalue weighted by Crippen LogP contribution is 2.21. The van der Waals surface area contributed by atoms with E-state index in [0.29, 0.717) is 5.25 Å². The Hall–Kier alpha value is -0.240. The number of thioether (sulfide) groups is 1. The van der Waals surface area contributed by atoms with E-state index in [9.17, 15) is 5.26 Å². The van der Waals surface area contributed by atoms with Gasteiger partial charge in [-0.05, 0) is 26.3 Å². The highest BCUT2D eigenvalue weighted by molar-refractivity contribution is 7.99. The van der Waals surface area contributed by atoms with Crippen LogP contribution >= 0.6 is 11.8 Å². The lowest BCUT2D eigenvalue weighted by Crippen LogP contribution is -2.43. The van der Waals surface area contributed by atoms with Gasteiger partial charge in [-0.3, -0.25) is 5.32 Å². The molecule has 0 aliphatic heterocycles. The molecule has 3 nitrogen and oxygen atoms in total. The second-order valence-electron chi connectivity index (χ2n) is 4.25. The van der Waals surface area contributed by atoms with Gasteiger partial charge in [-0.2, -0.15) is 17.0 Å². The summed E-state index contributed by atoms with van der Waals surface area (Å²) in [4.78, 5) is 0. The van der Waals surface area contributed by atoms with Gasteiger partial charge in [0.15, 0.2) is 0 Å². The van der Waals surface area contributed by atoms with Crippen molar-refractivity contribution in [3.8, 4) is 6.07 Å². The number of hydrogen-bond donors (Lipinski definition) is 1. The Bertz CT molecular complexity index is 218. The number of methoxy groups -OCH3 is 1. The van der Waals surface area contributed by atoms with E-state index in [1.807, 2.05) is 18.7 Å². The summed E-state index contributed by atoms with van der Waals surface area (Å²) in [5, 5.41) is 13.0. The largest absolute Gasteiger partial charge is 0.384 e. The van der Waals surface area contributed by atoms with Crippen LogP contribution in [-0.4, -0.2) is 36.8 Å². The zero-order valence-electron chi connectivity index (χ0n) is 10.9. The maximum absolute atomic E-state index is 9.19. The molecular weight excluding hydrogens is 220 g/mol. The van der Waals surface area contributed by atoms with Crippen LogP contribution < -0.4 is 5.32 Å². The molecule has 0 aromatic heterocycles. The summed E-state index contributed by atoms with van der Waals surface area (Å²) in [6.07, 6.45) is 1.93. The van der Waals surface area contributed by atoms with E-state index in [0.717, 1.165) is 31.7 Å². The first kappa shape index (κ1) is 15.8. The number of hydrogen-bond acceptors (Lipinski definition) is 4. The molecule has 0 aromatic carbocycles. The van der Waals surface area contributed by atoms with Gasteiger partial charge in [0.1, 0.15) is 5.54 Å². The fraction of sp³-hybridized carbons (Fsp3) is 0.917. The van der Waals surface area contributed by atoms with Crippen molar-refractivity contribution in [3.05, 3.63) is 0 Å². The molecule has 0 fully saturated rings. The lowest BCUT2D eigenvalue weighted by Gasteiger charge is -2.26. The van der Waals surface area contributed by atoms with Gasteiger partial charge in [-0.1, -0.05) is 13.8 Å². The van der Waals surface area contributed by atoms with E-state index < -0.39 is 5.54 Å². The Morgan fingerprint density at radius 1 is 1.56 bits per heavy atom. The van der Waals surface area contributed by atoms with Crippen LogP contribution in [0.2, 0.25) is 0 Å². The fourth-order valence-corrected chi connectivity index (χ4v) is 2.64. The molecule has 0 bridgehead atoms. The van der Waals surface area contributed by atoms with Crippen molar-refractivity contribution in [2.24, 2.45) is 0 Å². The second-order valence-corrected chi connectivity index (χ2v) is 5.80. The average molecular weight is 244 g/mol. The molecule has 0 aliphatic rings. The van der Waals surface area contributed by atoms with Gasteiger partial charge in [0.25, 0.3) is 0 Å². The molecule has 2 unspecified atom stereocenters. The zero-order chi connectivity index (χ0) is 12.4. The Kier molecular flexibility index (Phi) is 8.73. The third-order valence-corrected chi connectivity index (χ3v) is 3.54. The van der Waals surface area contributed by atoms with Crippen molar-refractivity contribution in [2.45, 2.75) is 44.4 Å². The van der Waals surface area contributed by atoms with E-state index in [-0.39, 0.29) is 0 Å². The maximum Gasteiger partial charge on any atom is 0.104 e. The summed E-state index contributed by atoms with van der Waals surface area (Å²) >= 11 is 1.86. The van der Waals surface area contributed by atoms with Crippen molar-refractivity contribution in [3.63, 3.8) is 0 Å². The highest BCUT2D eigenvalue weighted by Gasteiger charge is 2.25. The van der Waals surface area contributed by atoms with Crippen molar-refractivity contribution in [1.29, 1.82) is 5.26 Å². The van der Waals surface area contributed by atoms with E-state index >= 15 is 0 Å². The van der Waals surface area contributed by atoms with Crippen LogP contribution in [0.3, 0.4) is 0 Å². The van der Waals surface area contributed by atoms with Gasteiger partial charge < -0.3 is 4.74 Å². The van der Waals surface area contributed by atoms with Gasteiger partial charge >= 0.3 is 0 Å². The predicted molar refractivity (Wildman–Crippen MR) is 70.7 cm³/mol. The average Bonchev–Trinajstić information content (AvgIpc) is 2.27. The van der Waals surface area contributed by atoms with Gasteiger partial charge in [-0.15, -0.1) is 0 Å². The van der Waals surface area contributed by atoms with Crippen molar-refractivity contribution in [1.82, 2.24) is 5.32 Å². The lowest BCUT2D eigenvalue weighted by molar-refractivity contribution is 0.218. The maximum atomic E-state index is 9.19. The highest BCUT2D eigenvalue weighted by atomic mass is 32.2. The normalized spacial score (nSPS) is 16.4. The molecule has 0 heterocycles. The molecule has 0 saturated carbocycles. The molecule has 2 atom stereocenters. The molecule has 0 radical (unpaired) electrons. The van der Waals surface area contributed by atoms with Crippen molar-refractivity contribution in [2.75, 3.05) is 26.0 Å². The lowest BCUT2D eigenvalue weighted by atomic mass is 9.98. The Labute approximate surface area is 104 Å². The van der Waals surface area contributed by atoms with Crippen LogP contribution in [0.25, 0.3) is 0 Å². The van der Waals surface area contributed by atoms with Gasteiger partial charge in [0.2, 0.25) is 0 Å². The molecule has 0 spiro atoms. The Morgan fingerprint density at radius 3 is 2.75 bits per heavy atom. The van der Waals surface area contributed by atoms with E-state index in [1.54, 1.807) is 7.11 Å². The van der Waals surface area contributed by atoms with Gasteiger partial charge in [-0.25, -0.2) is 0 Å². The number of nitriles is 1. The summed E-state index contributed by atoms with van der Waals surface area (Å²) < 4.78 is 5.01. The molecule has 16 heavy (non-hydrogen) atoms. The third-order valence-electron chi connectivity index (χ3n) is 2.40. The molecule has 4 heteroatoms. The van der Waals surface area contributed by atoms with Crippen LogP contribution in [-0.2, 0) is 4.74 Å². The molecule has 0 aliphatic carbocycles. The smallest absolute Gasteiger partial charge is 0.104 e. The molecule has 0 saturated heterocycles. The molecule has 94 valence electrons. The van der Waals surface area contributed by atoms with Crippen LogP contribution in [0.15, 0.2) is 0 Å².